The first-order valence-electron chi connectivity index (χ1n) is 7.50. The van der Waals surface area contributed by atoms with E-state index in [0.717, 1.165) is 4.73 Å². The minimum Gasteiger partial charge on any atom is -0.409 e. The van der Waals surface area contributed by atoms with Gasteiger partial charge in [0.2, 0.25) is 0 Å². The van der Waals surface area contributed by atoms with Gasteiger partial charge in [0.1, 0.15) is 6.61 Å². The third-order valence-electron chi connectivity index (χ3n) is 2.91. The number of aliphatic hydroxyl groups is 1. The quantitative estimate of drug-likeness (QED) is 0.587. The normalized spacial score (nSPS) is 13.3. The molecule has 1 rings (SSSR count). The minimum absolute atomic E-state index is 0.0728. The summed E-state index contributed by atoms with van der Waals surface area (Å²) in [6.07, 6.45) is 2.71. The van der Waals surface area contributed by atoms with E-state index in [0.29, 0.717) is 5.56 Å². The Kier molecular flexibility index (Phi) is 8.14. The second kappa shape index (κ2) is 9.58. The summed E-state index contributed by atoms with van der Waals surface area (Å²) < 4.78 is 23.4. The summed E-state index contributed by atoms with van der Waals surface area (Å²) >= 11 is 0. The first-order valence-corrected chi connectivity index (χ1v) is 9.11. The van der Waals surface area contributed by atoms with Crippen LogP contribution in [0.3, 0.4) is 0 Å². The molecular weight excluding hydrogens is 339 g/mol. The van der Waals surface area contributed by atoms with E-state index in [1.54, 1.807) is 13.8 Å². The van der Waals surface area contributed by atoms with Crippen molar-refractivity contribution in [2.45, 2.75) is 20.8 Å². The summed E-state index contributed by atoms with van der Waals surface area (Å²) in [6, 6.07) is 0. The highest BCUT2D eigenvalue weighted by Crippen LogP contribution is 2.49. The zero-order chi connectivity index (χ0) is 18.2. The predicted octanol–water partition coefficient (Wildman–Crippen LogP) is 0.662. The van der Waals surface area contributed by atoms with Gasteiger partial charge in [0, 0.05) is 17.3 Å². The molecule has 1 aromatic rings. The molecule has 0 radical (unpaired) electrons. The van der Waals surface area contributed by atoms with Crippen LogP contribution in [0.1, 0.15) is 19.4 Å². The van der Waals surface area contributed by atoms with E-state index in [-0.39, 0.29) is 26.4 Å². The Balaban J connectivity index is 2.79. The fourth-order valence-electron chi connectivity index (χ4n) is 1.70. The highest BCUT2D eigenvalue weighted by atomic mass is 31.2. The van der Waals surface area contributed by atoms with Gasteiger partial charge in [-0.3, -0.25) is 14.3 Å². The standard InChI is InChI=1S/C14H23N2O7P/c1-4-22-24(20,23-5-2)7-6-12(9-17)10-21-16-8-11(3)13(18)15-14(16)19/h6-8,12,17H,4-5,9-10H2,1-3H3,(H,15,18,19). The molecule has 136 valence electrons. The molecule has 0 aliphatic carbocycles. The fraction of sp³-hybridized carbons (Fsp3) is 0.571. The third-order valence-corrected chi connectivity index (χ3v) is 4.68. The molecule has 0 spiro atoms. The minimum atomic E-state index is -3.37. The molecule has 0 aliphatic heterocycles. The molecule has 24 heavy (non-hydrogen) atoms. The molecule has 1 aromatic heterocycles. The van der Waals surface area contributed by atoms with Gasteiger partial charge in [-0.2, -0.15) is 0 Å². The molecule has 0 bridgehead atoms. The van der Waals surface area contributed by atoms with E-state index in [1.165, 1.54) is 25.0 Å². The van der Waals surface area contributed by atoms with Crippen LogP contribution >= 0.6 is 7.60 Å². The van der Waals surface area contributed by atoms with Gasteiger partial charge >= 0.3 is 13.3 Å². The molecule has 0 aromatic carbocycles. The van der Waals surface area contributed by atoms with Crippen molar-refractivity contribution in [3.63, 3.8) is 0 Å². The van der Waals surface area contributed by atoms with Gasteiger partial charge in [-0.15, -0.1) is 4.73 Å². The predicted molar refractivity (Wildman–Crippen MR) is 88.1 cm³/mol. The highest BCUT2D eigenvalue weighted by Gasteiger charge is 2.20. The van der Waals surface area contributed by atoms with Crippen molar-refractivity contribution in [3.05, 3.63) is 44.5 Å². The monoisotopic (exact) mass is 362 g/mol. The number of rotatable bonds is 10. The Morgan fingerprint density at radius 3 is 2.50 bits per heavy atom. The van der Waals surface area contributed by atoms with Crippen LogP contribution in [0.2, 0.25) is 0 Å². The number of aromatic nitrogens is 2. The van der Waals surface area contributed by atoms with Gasteiger partial charge in [-0.25, -0.2) is 4.79 Å². The number of aliphatic hydroxyl groups excluding tert-OH is 1. The third kappa shape index (κ3) is 6.09. The van der Waals surface area contributed by atoms with Crippen molar-refractivity contribution < 1.29 is 23.6 Å². The topological polar surface area (TPSA) is 120 Å². The SMILES string of the molecule is CCOP(=O)(C=CC(CO)COn1cc(C)c(=O)[nH]c1=O)OCC. The molecule has 0 aliphatic rings. The van der Waals surface area contributed by atoms with Crippen LogP contribution in [-0.2, 0) is 13.6 Å². The Bertz CT molecular complexity index is 700. The van der Waals surface area contributed by atoms with Crippen LogP contribution in [0.25, 0.3) is 0 Å². The molecule has 1 heterocycles. The maximum atomic E-state index is 12.3. The molecule has 0 amide bonds. The van der Waals surface area contributed by atoms with Crippen molar-refractivity contribution >= 4 is 7.60 Å². The lowest BCUT2D eigenvalue weighted by Crippen LogP contribution is -2.36. The van der Waals surface area contributed by atoms with Crippen LogP contribution in [0.5, 0.6) is 0 Å². The van der Waals surface area contributed by atoms with Crippen LogP contribution in [0.4, 0.5) is 0 Å². The number of hydrogen-bond donors (Lipinski definition) is 2. The number of nitrogens with zero attached hydrogens (tertiary/aromatic N) is 1. The Hall–Kier alpha value is -1.67. The summed E-state index contributed by atoms with van der Waals surface area (Å²) in [4.78, 5) is 30.2. The van der Waals surface area contributed by atoms with Crippen LogP contribution < -0.4 is 16.1 Å². The van der Waals surface area contributed by atoms with Gasteiger partial charge < -0.3 is 19.0 Å². The van der Waals surface area contributed by atoms with Crippen LogP contribution in [0, 0.1) is 12.8 Å². The average Bonchev–Trinajstić information content (AvgIpc) is 2.52. The molecule has 1 unspecified atom stereocenters. The maximum Gasteiger partial charge on any atom is 0.361 e. The lowest BCUT2D eigenvalue weighted by Gasteiger charge is -2.15. The zero-order valence-corrected chi connectivity index (χ0v) is 14.8. The molecule has 1 atom stereocenters. The first kappa shape index (κ1) is 20.4. The maximum absolute atomic E-state index is 12.3. The van der Waals surface area contributed by atoms with Crippen LogP contribution in [-0.4, -0.2) is 41.2 Å². The van der Waals surface area contributed by atoms with E-state index in [1.807, 2.05) is 0 Å². The van der Waals surface area contributed by atoms with Crippen molar-refractivity contribution in [2.75, 3.05) is 26.4 Å². The van der Waals surface area contributed by atoms with Crippen molar-refractivity contribution in [2.24, 2.45) is 5.92 Å². The molecule has 2 N–H and O–H groups in total. The van der Waals surface area contributed by atoms with Gasteiger partial charge in [-0.05, 0) is 20.8 Å². The van der Waals surface area contributed by atoms with Gasteiger partial charge in [0.05, 0.1) is 26.0 Å². The van der Waals surface area contributed by atoms with E-state index in [2.05, 4.69) is 4.98 Å². The molecule has 0 saturated heterocycles. The second-order valence-corrected chi connectivity index (χ2v) is 6.75. The van der Waals surface area contributed by atoms with Crippen molar-refractivity contribution in [3.8, 4) is 0 Å². The highest BCUT2D eigenvalue weighted by molar-refractivity contribution is 7.57. The molecule has 9 nitrogen and oxygen atoms in total. The van der Waals surface area contributed by atoms with Crippen LogP contribution in [0.15, 0.2) is 27.7 Å². The number of aromatic amines is 1. The van der Waals surface area contributed by atoms with E-state index in [4.69, 9.17) is 13.9 Å². The molecular formula is C14H23N2O7P. The van der Waals surface area contributed by atoms with Gasteiger partial charge in [-0.1, -0.05) is 6.08 Å². The molecule has 0 fully saturated rings. The second-order valence-electron chi connectivity index (χ2n) is 4.85. The summed E-state index contributed by atoms with van der Waals surface area (Å²) in [5, 5.41) is 9.38. The lowest BCUT2D eigenvalue weighted by atomic mass is 10.2. The van der Waals surface area contributed by atoms with Crippen molar-refractivity contribution in [1.29, 1.82) is 0 Å². The lowest BCUT2D eigenvalue weighted by molar-refractivity contribution is 0.0638. The summed E-state index contributed by atoms with van der Waals surface area (Å²) in [7, 11) is -3.37. The van der Waals surface area contributed by atoms with Gasteiger partial charge in [0.25, 0.3) is 5.56 Å². The first-order chi connectivity index (χ1) is 11.3. The summed E-state index contributed by atoms with van der Waals surface area (Å²) in [5.41, 5.74) is -0.906. The number of aryl methyl sites for hydroxylation is 1. The van der Waals surface area contributed by atoms with Crippen molar-refractivity contribution in [1.82, 2.24) is 9.71 Å². The Labute approximate surface area is 139 Å². The number of hydrogen-bond acceptors (Lipinski definition) is 7. The van der Waals surface area contributed by atoms with Gasteiger partial charge in [0.15, 0.2) is 0 Å². The average molecular weight is 362 g/mol. The fourth-order valence-corrected chi connectivity index (χ4v) is 3.12. The Morgan fingerprint density at radius 1 is 1.33 bits per heavy atom. The number of nitrogens with one attached hydrogen (secondary N) is 1. The smallest absolute Gasteiger partial charge is 0.361 e. The largest absolute Gasteiger partial charge is 0.409 e. The Morgan fingerprint density at radius 2 is 1.96 bits per heavy atom. The number of H-pyrrole nitrogens is 1. The zero-order valence-electron chi connectivity index (χ0n) is 13.9. The summed E-state index contributed by atoms with van der Waals surface area (Å²) in [6.45, 7) is 4.97. The van der Waals surface area contributed by atoms with E-state index >= 15 is 0 Å². The molecule has 0 saturated carbocycles. The van der Waals surface area contributed by atoms with E-state index in [9.17, 15) is 19.3 Å². The molecule has 10 heteroatoms. The summed E-state index contributed by atoms with van der Waals surface area (Å²) in [5.74, 6) is 0.726. The van der Waals surface area contributed by atoms with E-state index < -0.39 is 24.8 Å².